The molecule has 2 fully saturated rings. The largest absolute Gasteiger partial charge is 0.448 e. The Hall–Kier alpha value is -1.10. The van der Waals surface area contributed by atoms with Gasteiger partial charge in [0, 0.05) is 5.41 Å². The monoisotopic (exact) mass is 212 g/mol. The first-order valence-corrected chi connectivity index (χ1v) is 5.06. The second-order valence-electron chi connectivity index (χ2n) is 5.15. The van der Waals surface area contributed by atoms with E-state index in [1.807, 2.05) is 20.8 Å². The van der Waals surface area contributed by atoms with E-state index in [1.54, 1.807) is 0 Å². The second-order valence-corrected chi connectivity index (χ2v) is 5.15. The zero-order valence-corrected chi connectivity index (χ0v) is 9.22. The number of esters is 1. The van der Waals surface area contributed by atoms with E-state index in [4.69, 9.17) is 10.6 Å². The fourth-order valence-electron chi connectivity index (χ4n) is 2.86. The van der Waals surface area contributed by atoms with Crippen LogP contribution in [0.4, 0.5) is 0 Å². The fraction of sp³-hybridized carbons (Fsp3) is 0.800. The predicted molar refractivity (Wildman–Crippen MR) is 52.3 cm³/mol. The highest BCUT2D eigenvalue weighted by Crippen LogP contribution is 2.65. The van der Waals surface area contributed by atoms with Crippen molar-refractivity contribution >= 4 is 11.9 Å². The van der Waals surface area contributed by atoms with Crippen LogP contribution >= 0.6 is 0 Å². The number of amides is 1. The van der Waals surface area contributed by atoms with E-state index in [1.165, 1.54) is 0 Å². The number of rotatable bonds is 1. The van der Waals surface area contributed by atoms with Crippen molar-refractivity contribution in [2.24, 2.45) is 16.7 Å². The van der Waals surface area contributed by atoms with Crippen LogP contribution in [0, 0.1) is 10.8 Å². The predicted octanol–water partition coefficient (Wildman–Crippen LogP) is 0.0982. The zero-order valence-electron chi connectivity index (χ0n) is 9.22. The molecule has 0 aromatic carbocycles. The van der Waals surface area contributed by atoms with Gasteiger partial charge in [-0.15, -0.1) is 0 Å². The van der Waals surface area contributed by atoms with Crippen LogP contribution in [0.15, 0.2) is 0 Å². The van der Waals surface area contributed by atoms with E-state index in [0.717, 1.165) is 0 Å². The van der Waals surface area contributed by atoms with Gasteiger partial charge in [0.1, 0.15) is 0 Å². The summed E-state index contributed by atoms with van der Waals surface area (Å²) >= 11 is 0. The van der Waals surface area contributed by atoms with Crippen molar-refractivity contribution in [2.75, 3.05) is 0 Å². The Labute approximate surface area is 88.3 Å². The summed E-state index contributed by atoms with van der Waals surface area (Å²) in [6, 6.07) is 0. The van der Waals surface area contributed by atoms with Crippen molar-refractivity contribution in [1.82, 2.24) is 5.43 Å². The third kappa shape index (κ3) is 0.833. The Kier molecular flexibility index (Phi) is 1.75. The van der Waals surface area contributed by atoms with E-state index in [9.17, 15) is 9.59 Å². The molecule has 0 spiro atoms. The van der Waals surface area contributed by atoms with Gasteiger partial charge in [-0.05, 0) is 19.8 Å². The molecule has 2 atom stereocenters. The summed E-state index contributed by atoms with van der Waals surface area (Å²) in [4.78, 5) is 23.5. The van der Waals surface area contributed by atoms with Gasteiger partial charge in [-0.3, -0.25) is 15.0 Å². The highest BCUT2D eigenvalue weighted by Gasteiger charge is 2.75. The average Bonchev–Trinajstić information content (AvgIpc) is 2.47. The van der Waals surface area contributed by atoms with E-state index in [2.05, 4.69) is 5.43 Å². The Morgan fingerprint density at radius 3 is 2.33 bits per heavy atom. The summed E-state index contributed by atoms with van der Waals surface area (Å²) in [5, 5.41) is 0. The van der Waals surface area contributed by atoms with Crippen LogP contribution in [0.1, 0.15) is 33.6 Å². The molecule has 84 valence electrons. The normalized spacial score (nSPS) is 41.5. The van der Waals surface area contributed by atoms with Crippen LogP contribution in [-0.4, -0.2) is 17.5 Å². The van der Waals surface area contributed by atoms with Crippen LogP contribution in [0.2, 0.25) is 0 Å². The molecule has 15 heavy (non-hydrogen) atoms. The summed E-state index contributed by atoms with van der Waals surface area (Å²) in [5.41, 5.74) is -0.0565. The molecular formula is C10H16N2O3. The van der Waals surface area contributed by atoms with Gasteiger partial charge in [0.25, 0.3) is 5.91 Å². The molecule has 2 rings (SSSR count). The minimum absolute atomic E-state index is 0.289. The SMILES string of the molecule is CC1(C)[C@@]2(C(=O)NN)CC[C@]1(C)C(=O)O2. The van der Waals surface area contributed by atoms with Gasteiger partial charge in [0.05, 0.1) is 5.41 Å². The lowest BCUT2D eigenvalue weighted by Crippen LogP contribution is -2.55. The number of nitrogens with one attached hydrogen (secondary N) is 1. The number of nitrogens with two attached hydrogens (primary N) is 1. The maximum absolute atomic E-state index is 11.8. The molecule has 1 saturated heterocycles. The van der Waals surface area contributed by atoms with Gasteiger partial charge in [-0.1, -0.05) is 13.8 Å². The highest BCUT2D eigenvalue weighted by atomic mass is 16.6. The quantitative estimate of drug-likeness (QED) is 0.279. The summed E-state index contributed by atoms with van der Waals surface area (Å²) in [7, 11) is 0. The van der Waals surface area contributed by atoms with Gasteiger partial charge in [0.15, 0.2) is 5.60 Å². The van der Waals surface area contributed by atoms with Crippen molar-refractivity contribution in [3.8, 4) is 0 Å². The van der Waals surface area contributed by atoms with E-state index < -0.39 is 22.3 Å². The van der Waals surface area contributed by atoms with E-state index in [0.29, 0.717) is 12.8 Å². The lowest BCUT2D eigenvalue weighted by atomic mass is 9.66. The van der Waals surface area contributed by atoms with Crippen molar-refractivity contribution in [3.05, 3.63) is 0 Å². The fourth-order valence-corrected chi connectivity index (χ4v) is 2.86. The summed E-state index contributed by atoms with van der Waals surface area (Å²) < 4.78 is 5.29. The zero-order chi connectivity index (χ0) is 11.5. The number of carbonyl (C=O) groups is 2. The van der Waals surface area contributed by atoms with Crippen LogP contribution in [0.25, 0.3) is 0 Å². The highest BCUT2D eigenvalue weighted by molar-refractivity contribution is 5.95. The van der Waals surface area contributed by atoms with Gasteiger partial charge in [0.2, 0.25) is 0 Å². The van der Waals surface area contributed by atoms with Gasteiger partial charge < -0.3 is 4.74 Å². The second kappa shape index (κ2) is 2.52. The molecular weight excluding hydrogens is 196 g/mol. The maximum atomic E-state index is 11.8. The molecule has 0 radical (unpaired) electrons. The minimum Gasteiger partial charge on any atom is -0.448 e. The molecule has 0 aromatic heterocycles. The number of carbonyl (C=O) groups excluding carboxylic acids is 2. The summed E-state index contributed by atoms with van der Waals surface area (Å²) in [6.45, 7) is 5.63. The molecule has 0 unspecified atom stereocenters. The summed E-state index contributed by atoms with van der Waals surface area (Å²) in [5.74, 6) is 4.46. The molecule has 0 aromatic rings. The minimum atomic E-state index is -1.08. The molecule has 3 N–H and O–H groups in total. The molecule has 1 saturated carbocycles. The number of hydrogen-bond acceptors (Lipinski definition) is 4. The molecule has 5 heteroatoms. The van der Waals surface area contributed by atoms with Crippen LogP contribution < -0.4 is 11.3 Å². The molecule has 5 nitrogen and oxygen atoms in total. The van der Waals surface area contributed by atoms with Crippen molar-refractivity contribution in [2.45, 2.75) is 39.2 Å². The lowest BCUT2D eigenvalue weighted by molar-refractivity contribution is -0.168. The van der Waals surface area contributed by atoms with Crippen LogP contribution in [-0.2, 0) is 14.3 Å². The Balaban J connectivity index is 2.54. The van der Waals surface area contributed by atoms with E-state index in [-0.39, 0.29) is 5.97 Å². The Morgan fingerprint density at radius 1 is 1.40 bits per heavy atom. The number of fused-ring (bicyclic) bond motifs is 2. The molecule has 1 heterocycles. The smallest absolute Gasteiger partial charge is 0.313 e. The van der Waals surface area contributed by atoms with Gasteiger partial charge in [-0.25, -0.2) is 5.84 Å². The van der Waals surface area contributed by atoms with Gasteiger partial charge in [-0.2, -0.15) is 0 Å². The molecule has 2 bridgehead atoms. The summed E-state index contributed by atoms with van der Waals surface area (Å²) in [6.07, 6.45) is 1.22. The van der Waals surface area contributed by atoms with E-state index >= 15 is 0 Å². The Bertz CT molecular complexity index is 353. The first-order valence-electron chi connectivity index (χ1n) is 5.06. The first kappa shape index (κ1) is 10.4. The van der Waals surface area contributed by atoms with Crippen LogP contribution in [0.3, 0.4) is 0 Å². The average molecular weight is 212 g/mol. The third-order valence-electron chi connectivity index (χ3n) is 4.58. The van der Waals surface area contributed by atoms with Crippen molar-refractivity contribution in [3.63, 3.8) is 0 Å². The number of hydrogen-bond donors (Lipinski definition) is 2. The lowest BCUT2D eigenvalue weighted by Gasteiger charge is -2.34. The molecule has 2 aliphatic rings. The first-order chi connectivity index (χ1) is 6.82. The van der Waals surface area contributed by atoms with Crippen molar-refractivity contribution in [1.29, 1.82) is 0 Å². The topological polar surface area (TPSA) is 81.4 Å². The standard InChI is InChI=1S/C10H16N2O3/c1-8(2)9(3)4-5-10(8,6(13)12-11)15-7(9)14/h4-5,11H2,1-3H3,(H,12,13)/t9-,10+/m1/s1. The number of ether oxygens (including phenoxy) is 1. The van der Waals surface area contributed by atoms with Gasteiger partial charge >= 0.3 is 5.97 Å². The molecule has 1 amide bonds. The van der Waals surface area contributed by atoms with Crippen molar-refractivity contribution < 1.29 is 14.3 Å². The molecule has 1 aliphatic heterocycles. The Morgan fingerprint density at radius 2 is 2.00 bits per heavy atom. The van der Waals surface area contributed by atoms with Crippen LogP contribution in [0.5, 0.6) is 0 Å². The maximum Gasteiger partial charge on any atom is 0.313 e. The number of hydrazine groups is 1. The molecule has 1 aliphatic carbocycles. The third-order valence-corrected chi connectivity index (χ3v) is 4.58.